The van der Waals surface area contributed by atoms with Gasteiger partial charge in [0.2, 0.25) is 5.82 Å². The smallest absolute Gasteiger partial charge is 0.212 e. The van der Waals surface area contributed by atoms with Crippen LogP contribution in [0.1, 0.15) is 24.4 Å². The molecule has 0 saturated carbocycles. The lowest BCUT2D eigenvalue weighted by atomic mass is 10.1. The predicted molar refractivity (Wildman–Crippen MR) is 65.2 cm³/mol. The summed E-state index contributed by atoms with van der Waals surface area (Å²) < 4.78 is 5.56. The van der Waals surface area contributed by atoms with Crippen molar-refractivity contribution in [1.82, 2.24) is 20.2 Å². The number of rotatable bonds is 4. The lowest BCUT2D eigenvalue weighted by Gasteiger charge is -2.12. The van der Waals surface area contributed by atoms with E-state index in [9.17, 15) is 5.11 Å². The number of benzene rings is 1. The second kappa shape index (κ2) is 5.32. The van der Waals surface area contributed by atoms with Gasteiger partial charge in [-0.25, -0.2) is 0 Å². The number of hydrogen-bond donors (Lipinski definition) is 1. The van der Waals surface area contributed by atoms with Crippen molar-refractivity contribution < 1.29 is 9.84 Å². The Kier molecular flexibility index (Phi) is 3.78. The second-order valence-electron chi connectivity index (χ2n) is 3.84. The van der Waals surface area contributed by atoms with E-state index < -0.39 is 6.10 Å². The number of aryl methyl sites for hydroxylation is 1. The first kappa shape index (κ1) is 12.8. The van der Waals surface area contributed by atoms with Crippen LogP contribution in [0.3, 0.4) is 0 Å². The SMILES string of the molecule is C[C@@H](O)c1cc(Cl)ccc1OCc1nnn(C)n1. The molecule has 0 amide bonds. The van der Waals surface area contributed by atoms with Crippen LogP contribution in [0, 0.1) is 0 Å². The summed E-state index contributed by atoms with van der Waals surface area (Å²) >= 11 is 5.88. The average molecular weight is 269 g/mol. The van der Waals surface area contributed by atoms with Crippen LogP contribution in [0.4, 0.5) is 0 Å². The van der Waals surface area contributed by atoms with Gasteiger partial charge in [0.05, 0.1) is 13.2 Å². The monoisotopic (exact) mass is 268 g/mol. The molecular formula is C11H13ClN4O2. The van der Waals surface area contributed by atoms with Crippen molar-refractivity contribution >= 4 is 11.6 Å². The Morgan fingerprint density at radius 2 is 2.28 bits per heavy atom. The lowest BCUT2D eigenvalue weighted by Crippen LogP contribution is -2.03. The number of nitrogens with zero attached hydrogens (tertiary/aromatic N) is 4. The number of ether oxygens (including phenoxy) is 1. The highest BCUT2D eigenvalue weighted by Gasteiger charge is 2.11. The molecule has 1 aromatic carbocycles. The van der Waals surface area contributed by atoms with Crippen LogP contribution in [0.15, 0.2) is 18.2 Å². The van der Waals surface area contributed by atoms with E-state index in [1.165, 1.54) is 4.80 Å². The summed E-state index contributed by atoms with van der Waals surface area (Å²) in [7, 11) is 1.68. The van der Waals surface area contributed by atoms with Crippen LogP contribution < -0.4 is 4.74 Å². The molecule has 1 heterocycles. The predicted octanol–water partition coefficient (Wildman–Crippen LogP) is 1.50. The van der Waals surface area contributed by atoms with Gasteiger partial charge >= 0.3 is 0 Å². The number of aliphatic hydroxyl groups is 1. The van der Waals surface area contributed by atoms with Crippen LogP contribution in [0.5, 0.6) is 5.75 Å². The average Bonchev–Trinajstić information content (AvgIpc) is 2.73. The van der Waals surface area contributed by atoms with Gasteiger partial charge in [0.15, 0.2) is 6.61 Å². The van der Waals surface area contributed by atoms with E-state index in [0.717, 1.165) is 0 Å². The maximum Gasteiger partial charge on any atom is 0.212 e. The van der Waals surface area contributed by atoms with Crippen LogP contribution in [-0.4, -0.2) is 25.3 Å². The van der Waals surface area contributed by atoms with Gasteiger partial charge in [-0.05, 0) is 30.3 Å². The van der Waals surface area contributed by atoms with E-state index >= 15 is 0 Å². The molecule has 1 N–H and O–H groups in total. The molecule has 2 aromatic rings. The molecular weight excluding hydrogens is 256 g/mol. The highest BCUT2D eigenvalue weighted by molar-refractivity contribution is 6.30. The van der Waals surface area contributed by atoms with Crippen molar-refractivity contribution in [3.8, 4) is 5.75 Å². The Bertz CT molecular complexity index is 542. The van der Waals surface area contributed by atoms with Gasteiger partial charge in [0.25, 0.3) is 0 Å². The van der Waals surface area contributed by atoms with Crippen molar-refractivity contribution in [3.05, 3.63) is 34.6 Å². The van der Waals surface area contributed by atoms with Crippen LogP contribution in [0.25, 0.3) is 0 Å². The standard InChI is InChI=1S/C11H13ClN4O2/c1-7(17)9-5-8(12)3-4-10(9)18-6-11-13-15-16(2)14-11/h3-5,7,17H,6H2,1-2H3/t7-/m1/s1. The summed E-state index contributed by atoms with van der Waals surface area (Å²) in [6.07, 6.45) is -0.659. The minimum atomic E-state index is -0.659. The van der Waals surface area contributed by atoms with E-state index in [2.05, 4.69) is 15.4 Å². The van der Waals surface area contributed by atoms with E-state index in [1.807, 2.05) is 0 Å². The molecule has 0 fully saturated rings. The molecule has 7 heteroatoms. The normalized spacial score (nSPS) is 12.4. The highest BCUT2D eigenvalue weighted by Crippen LogP contribution is 2.28. The summed E-state index contributed by atoms with van der Waals surface area (Å²) in [4.78, 5) is 1.36. The van der Waals surface area contributed by atoms with Crippen molar-refractivity contribution in [1.29, 1.82) is 0 Å². The fraction of sp³-hybridized carbons (Fsp3) is 0.364. The number of hydrogen-bond acceptors (Lipinski definition) is 5. The zero-order valence-electron chi connectivity index (χ0n) is 10.0. The Balaban J connectivity index is 2.13. The lowest BCUT2D eigenvalue weighted by molar-refractivity contribution is 0.189. The molecule has 96 valence electrons. The molecule has 1 aromatic heterocycles. The summed E-state index contributed by atoms with van der Waals surface area (Å²) in [5.74, 6) is 1.03. The fourth-order valence-electron chi connectivity index (χ4n) is 1.50. The fourth-order valence-corrected chi connectivity index (χ4v) is 1.68. The van der Waals surface area contributed by atoms with Crippen molar-refractivity contribution in [2.75, 3.05) is 0 Å². The molecule has 1 atom stereocenters. The Morgan fingerprint density at radius 1 is 1.50 bits per heavy atom. The highest BCUT2D eigenvalue weighted by atomic mass is 35.5. The summed E-state index contributed by atoms with van der Waals surface area (Å²) in [5, 5.41) is 21.7. The van der Waals surface area contributed by atoms with Gasteiger partial charge in [0, 0.05) is 10.6 Å². The molecule has 18 heavy (non-hydrogen) atoms. The second-order valence-corrected chi connectivity index (χ2v) is 4.28. The van der Waals surface area contributed by atoms with Crippen LogP contribution in [0.2, 0.25) is 5.02 Å². The molecule has 0 unspecified atom stereocenters. The molecule has 0 aliphatic rings. The van der Waals surface area contributed by atoms with Gasteiger partial charge in [-0.15, -0.1) is 10.2 Å². The molecule has 0 saturated heterocycles. The van der Waals surface area contributed by atoms with E-state index in [4.69, 9.17) is 16.3 Å². The number of aliphatic hydroxyl groups excluding tert-OH is 1. The molecule has 0 bridgehead atoms. The first-order valence-corrected chi connectivity index (χ1v) is 5.77. The minimum absolute atomic E-state index is 0.190. The molecule has 0 aliphatic carbocycles. The number of aromatic nitrogens is 4. The van der Waals surface area contributed by atoms with Gasteiger partial charge < -0.3 is 9.84 Å². The van der Waals surface area contributed by atoms with Crippen molar-refractivity contribution in [2.24, 2.45) is 7.05 Å². The number of halogens is 1. The third kappa shape index (κ3) is 2.96. The summed E-state index contributed by atoms with van der Waals surface area (Å²) in [6.45, 7) is 1.84. The van der Waals surface area contributed by atoms with Gasteiger partial charge in [-0.2, -0.15) is 4.80 Å². The molecule has 0 spiro atoms. The first-order valence-electron chi connectivity index (χ1n) is 5.39. The van der Waals surface area contributed by atoms with Crippen molar-refractivity contribution in [3.63, 3.8) is 0 Å². The quantitative estimate of drug-likeness (QED) is 0.910. The third-order valence-corrected chi connectivity index (χ3v) is 2.56. The van der Waals surface area contributed by atoms with Gasteiger partial charge in [-0.3, -0.25) is 0 Å². The maximum atomic E-state index is 9.64. The summed E-state index contributed by atoms with van der Waals surface area (Å²) in [6, 6.07) is 5.08. The number of tetrazole rings is 1. The molecule has 0 aliphatic heterocycles. The molecule has 6 nitrogen and oxygen atoms in total. The van der Waals surface area contributed by atoms with Crippen LogP contribution >= 0.6 is 11.6 Å². The topological polar surface area (TPSA) is 73.1 Å². The third-order valence-electron chi connectivity index (χ3n) is 2.33. The van der Waals surface area contributed by atoms with Crippen LogP contribution in [-0.2, 0) is 13.7 Å². The van der Waals surface area contributed by atoms with E-state index in [-0.39, 0.29) is 6.61 Å². The Hall–Kier alpha value is -1.66. The molecule has 0 radical (unpaired) electrons. The first-order chi connectivity index (χ1) is 8.56. The Labute approximate surface area is 109 Å². The zero-order chi connectivity index (χ0) is 13.1. The van der Waals surface area contributed by atoms with Crippen molar-refractivity contribution in [2.45, 2.75) is 19.6 Å². The van der Waals surface area contributed by atoms with Gasteiger partial charge in [-0.1, -0.05) is 11.6 Å². The Morgan fingerprint density at radius 3 is 2.89 bits per heavy atom. The van der Waals surface area contributed by atoms with E-state index in [1.54, 1.807) is 32.2 Å². The maximum absolute atomic E-state index is 9.64. The zero-order valence-corrected chi connectivity index (χ0v) is 10.8. The van der Waals surface area contributed by atoms with E-state index in [0.29, 0.717) is 22.2 Å². The van der Waals surface area contributed by atoms with Gasteiger partial charge in [0.1, 0.15) is 5.75 Å². The summed E-state index contributed by atoms with van der Waals surface area (Å²) in [5.41, 5.74) is 0.631. The minimum Gasteiger partial charge on any atom is -0.485 e. The molecule has 2 rings (SSSR count). The largest absolute Gasteiger partial charge is 0.485 e.